The number of para-hydroxylation sites is 1. The summed E-state index contributed by atoms with van der Waals surface area (Å²) in [4.78, 5) is 0. The Balaban J connectivity index is 1.70. The number of rotatable bonds is 1. The molecule has 0 bridgehead atoms. The Labute approximate surface area is 161 Å². The molecule has 6 aromatic rings. The van der Waals surface area contributed by atoms with Crippen LogP contribution in [0.15, 0.2) is 95.4 Å². The van der Waals surface area contributed by atoms with E-state index in [4.69, 9.17) is 10.2 Å². The Kier molecular flexibility index (Phi) is 3.06. The van der Waals surface area contributed by atoms with Crippen LogP contribution in [0.25, 0.3) is 54.6 Å². The molecule has 0 amide bonds. The summed E-state index contributed by atoms with van der Waals surface area (Å²) >= 11 is 0. The van der Waals surface area contributed by atoms with Crippen LogP contribution in [-0.4, -0.2) is 0 Å². The summed E-state index contributed by atoms with van der Waals surface area (Å²) in [6, 6.07) is 31.4. The summed E-state index contributed by atoms with van der Waals surface area (Å²) in [5.74, 6) is 0. The molecule has 132 valence electrons. The van der Waals surface area contributed by atoms with Crippen molar-refractivity contribution >= 4 is 49.2 Å². The number of benzene rings is 5. The first kappa shape index (κ1) is 15.3. The van der Waals surface area contributed by atoms with Gasteiger partial charge in [0.1, 0.15) is 11.2 Å². The number of hydrogen-bond donors (Lipinski definition) is 1. The maximum atomic E-state index is 6.58. The summed E-state index contributed by atoms with van der Waals surface area (Å²) in [7, 11) is 0. The molecule has 0 unspecified atom stereocenters. The second kappa shape index (κ2) is 5.61. The van der Waals surface area contributed by atoms with Crippen LogP contribution in [0.4, 0.5) is 5.69 Å². The lowest BCUT2D eigenvalue weighted by Gasteiger charge is -2.10. The fourth-order valence-corrected chi connectivity index (χ4v) is 4.23. The zero-order valence-corrected chi connectivity index (χ0v) is 15.1. The zero-order valence-electron chi connectivity index (χ0n) is 15.1. The molecule has 1 heterocycles. The molecule has 2 nitrogen and oxygen atoms in total. The van der Waals surface area contributed by atoms with Gasteiger partial charge >= 0.3 is 0 Å². The highest BCUT2D eigenvalue weighted by Gasteiger charge is 2.15. The minimum Gasteiger partial charge on any atom is -0.455 e. The van der Waals surface area contributed by atoms with Crippen LogP contribution < -0.4 is 5.73 Å². The van der Waals surface area contributed by atoms with Crippen LogP contribution in [0.1, 0.15) is 0 Å². The van der Waals surface area contributed by atoms with Crippen LogP contribution in [0.5, 0.6) is 0 Å². The van der Waals surface area contributed by atoms with Crippen molar-refractivity contribution in [2.24, 2.45) is 0 Å². The molecule has 2 heteroatoms. The van der Waals surface area contributed by atoms with Crippen molar-refractivity contribution in [2.45, 2.75) is 0 Å². The van der Waals surface area contributed by atoms with E-state index in [-0.39, 0.29) is 0 Å². The topological polar surface area (TPSA) is 39.2 Å². The molecule has 0 saturated heterocycles. The molecule has 0 aliphatic rings. The molecule has 28 heavy (non-hydrogen) atoms. The first-order valence-electron chi connectivity index (χ1n) is 9.41. The minimum atomic E-state index is 0.788. The molecular weight excluding hydrogens is 342 g/mol. The quantitative estimate of drug-likeness (QED) is 0.317. The Morgan fingerprint density at radius 1 is 0.536 bits per heavy atom. The molecule has 0 aliphatic carbocycles. The summed E-state index contributed by atoms with van der Waals surface area (Å²) < 4.78 is 6.36. The SMILES string of the molecule is Nc1c(-c2cccc3c2oc2cc4ccccc4cc23)ccc2ccccc12. The van der Waals surface area contributed by atoms with E-state index in [1.807, 2.05) is 12.1 Å². The maximum Gasteiger partial charge on any atom is 0.143 e. The monoisotopic (exact) mass is 359 g/mol. The molecular formula is C26H17NO. The molecule has 0 fully saturated rings. The first-order chi connectivity index (χ1) is 13.8. The van der Waals surface area contributed by atoms with Gasteiger partial charge in [0.2, 0.25) is 0 Å². The number of fused-ring (bicyclic) bond motifs is 5. The predicted molar refractivity (Wildman–Crippen MR) is 119 cm³/mol. The van der Waals surface area contributed by atoms with Crippen molar-refractivity contribution in [3.63, 3.8) is 0 Å². The predicted octanol–water partition coefficient (Wildman–Crippen LogP) is 7.14. The molecule has 0 atom stereocenters. The van der Waals surface area contributed by atoms with E-state index in [2.05, 4.69) is 78.9 Å². The minimum absolute atomic E-state index is 0.788. The van der Waals surface area contributed by atoms with E-state index in [0.717, 1.165) is 49.5 Å². The standard InChI is InChI=1S/C26H17NO/c27-25-19-9-4-3-6-16(19)12-13-20(25)21-10-5-11-22-23-14-17-7-1-2-8-18(17)15-24(23)28-26(21)22/h1-15H,27H2. The van der Waals surface area contributed by atoms with Crippen LogP contribution in [0.2, 0.25) is 0 Å². The smallest absolute Gasteiger partial charge is 0.143 e. The second-order valence-corrected chi connectivity index (χ2v) is 7.23. The van der Waals surface area contributed by atoms with E-state index in [9.17, 15) is 0 Å². The Bertz CT molecular complexity index is 1520. The van der Waals surface area contributed by atoms with Gasteiger partial charge in [-0.05, 0) is 28.3 Å². The van der Waals surface area contributed by atoms with Gasteiger partial charge in [0.05, 0.1) is 0 Å². The Morgan fingerprint density at radius 3 is 2.11 bits per heavy atom. The summed E-state index contributed by atoms with van der Waals surface area (Å²) in [5.41, 5.74) is 11.2. The summed E-state index contributed by atoms with van der Waals surface area (Å²) in [6.07, 6.45) is 0. The number of furan rings is 1. The van der Waals surface area contributed by atoms with Crippen LogP contribution in [0.3, 0.4) is 0 Å². The van der Waals surface area contributed by atoms with Gasteiger partial charge in [-0.15, -0.1) is 0 Å². The van der Waals surface area contributed by atoms with E-state index in [1.54, 1.807) is 0 Å². The van der Waals surface area contributed by atoms with Gasteiger partial charge in [0, 0.05) is 33.0 Å². The van der Waals surface area contributed by atoms with Gasteiger partial charge in [-0.2, -0.15) is 0 Å². The number of nitrogens with two attached hydrogens (primary N) is 1. The maximum absolute atomic E-state index is 6.58. The highest BCUT2D eigenvalue weighted by Crippen LogP contribution is 2.40. The van der Waals surface area contributed by atoms with Gasteiger partial charge in [-0.3, -0.25) is 0 Å². The van der Waals surface area contributed by atoms with Crippen LogP contribution >= 0.6 is 0 Å². The third-order valence-corrected chi connectivity index (χ3v) is 5.63. The Morgan fingerprint density at radius 2 is 1.25 bits per heavy atom. The number of nitrogen functional groups attached to an aromatic ring is 1. The molecule has 5 aromatic carbocycles. The van der Waals surface area contributed by atoms with Gasteiger partial charge in [-0.1, -0.05) is 78.9 Å². The van der Waals surface area contributed by atoms with Crippen molar-refractivity contribution in [2.75, 3.05) is 5.73 Å². The van der Waals surface area contributed by atoms with Gasteiger partial charge in [-0.25, -0.2) is 0 Å². The van der Waals surface area contributed by atoms with Crippen molar-refractivity contribution in [1.82, 2.24) is 0 Å². The molecule has 0 radical (unpaired) electrons. The molecule has 1 aromatic heterocycles. The first-order valence-corrected chi connectivity index (χ1v) is 9.41. The van der Waals surface area contributed by atoms with Crippen LogP contribution in [0, 0.1) is 0 Å². The lowest BCUT2D eigenvalue weighted by atomic mass is 9.97. The molecule has 0 aliphatic heterocycles. The average molecular weight is 359 g/mol. The third kappa shape index (κ3) is 2.09. The van der Waals surface area contributed by atoms with Crippen LogP contribution in [-0.2, 0) is 0 Å². The van der Waals surface area contributed by atoms with Gasteiger partial charge < -0.3 is 10.2 Å². The highest BCUT2D eigenvalue weighted by molar-refractivity contribution is 6.14. The fourth-order valence-electron chi connectivity index (χ4n) is 4.23. The number of anilines is 1. The van der Waals surface area contributed by atoms with E-state index >= 15 is 0 Å². The third-order valence-electron chi connectivity index (χ3n) is 5.63. The van der Waals surface area contributed by atoms with E-state index < -0.39 is 0 Å². The molecule has 2 N–H and O–H groups in total. The molecule has 6 rings (SSSR count). The summed E-state index contributed by atoms with van der Waals surface area (Å²) in [6.45, 7) is 0. The average Bonchev–Trinajstić information content (AvgIpc) is 3.10. The second-order valence-electron chi connectivity index (χ2n) is 7.23. The largest absolute Gasteiger partial charge is 0.455 e. The van der Waals surface area contributed by atoms with Gasteiger partial charge in [0.25, 0.3) is 0 Å². The highest BCUT2D eigenvalue weighted by atomic mass is 16.3. The lowest BCUT2D eigenvalue weighted by Crippen LogP contribution is -1.92. The molecule has 0 spiro atoms. The van der Waals surface area contributed by atoms with Crippen molar-refractivity contribution in [3.8, 4) is 11.1 Å². The zero-order chi connectivity index (χ0) is 18.7. The lowest BCUT2D eigenvalue weighted by molar-refractivity contribution is 0.670. The summed E-state index contributed by atoms with van der Waals surface area (Å²) in [5, 5.41) is 6.86. The van der Waals surface area contributed by atoms with Crippen molar-refractivity contribution in [1.29, 1.82) is 0 Å². The van der Waals surface area contributed by atoms with Crippen molar-refractivity contribution < 1.29 is 4.42 Å². The number of hydrogen-bond acceptors (Lipinski definition) is 2. The molecule has 0 saturated carbocycles. The van der Waals surface area contributed by atoms with Gasteiger partial charge in [0.15, 0.2) is 0 Å². The van der Waals surface area contributed by atoms with E-state index in [1.165, 1.54) is 10.8 Å². The van der Waals surface area contributed by atoms with Crippen molar-refractivity contribution in [3.05, 3.63) is 91.0 Å². The Hall–Kier alpha value is -3.78. The van der Waals surface area contributed by atoms with E-state index in [0.29, 0.717) is 0 Å². The fraction of sp³-hybridized carbons (Fsp3) is 0. The normalized spacial score (nSPS) is 11.7.